The number of halogens is 1. The van der Waals surface area contributed by atoms with Crippen molar-refractivity contribution in [2.45, 2.75) is 12.3 Å². The molecular formula is C21H17ClN2O2. The summed E-state index contributed by atoms with van der Waals surface area (Å²) in [5.74, 6) is 1.50. The molecule has 130 valence electrons. The molecule has 1 aromatic heterocycles. The molecule has 0 spiro atoms. The topological polar surface area (TPSA) is 54.6 Å². The number of carbonyl (C=O) groups excluding carboxylic acids is 1. The van der Waals surface area contributed by atoms with Crippen molar-refractivity contribution in [1.29, 1.82) is 0 Å². The number of carbonyl (C=O) groups is 1. The first-order valence-corrected chi connectivity index (χ1v) is 8.82. The van der Waals surface area contributed by atoms with Gasteiger partial charge in [0.05, 0.1) is 6.21 Å². The zero-order valence-electron chi connectivity index (χ0n) is 13.9. The van der Waals surface area contributed by atoms with Crippen molar-refractivity contribution in [3.05, 3.63) is 83.1 Å². The summed E-state index contributed by atoms with van der Waals surface area (Å²) in [5, 5.41) is 4.66. The van der Waals surface area contributed by atoms with Crippen LogP contribution < -0.4 is 5.43 Å². The van der Waals surface area contributed by atoms with Crippen LogP contribution >= 0.6 is 11.6 Å². The summed E-state index contributed by atoms with van der Waals surface area (Å²) in [4.78, 5) is 12.2. The van der Waals surface area contributed by atoms with E-state index in [9.17, 15) is 4.79 Å². The molecule has 4 rings (SSSR count). The van der Waals surface area contributed by atoms with Crippen molar-refractivity contribution in [3.8, 4) is 11.3 Å². The fourth-order valence-corrected chi connectivity index (χ4v) is 3.21. The number of furan rings is 1. The molecule has 2 atom stereocenters. The second-order valence-corrected chi connectivity index (χ2v) is 6.74. The normalized spacial score (nSPS) is 18.8. The van der Waals surface area contributed by atoms with Crippen LogP contribution in [0.4, 0.5) is 0 Å². The van der Waals surface area contributed by atoms with Crippen LogP contribution in [0.2, 0.25) is 5.02 Å². The van der Waals surface area contributed by atoms with Gasteiger partial charge in [0.2, 0.25) is 5.91 Å². The van der Waals surface area contributed by atoms with Gasteiger partial charge < -0.3 is 4.42 Å². The molecule has 0 saturated heterocycles. The maximum Gasteiger partial charge on any atom is 0.243 e. The molecule has 26 heavy (non-hydrogen) atoms. The Morgan fingerprint density at radius 1 is 1.12 bits per heavy atom. The minimum atomic E-state index is -0.0586. The van der Waals surface area contributed by atoms with Crippen LogP contribution in [0.15, 0.2) is 76.2 Å². The third kappa shape index (κ3) is 3.70. The summed E-state index contributed by atoms with van der Waals surface area (Å²) in [6.45, 7) is 0. The minimum Gasteiger partial charge on any atom is -0.455 e. The fraction of sp³-hybridized carbons (Fsp3) is 0.143. The summed E-state index contributed by atoms with van der Waals surface area (Å²) in [6, 6.07) is 21.2. The van der Waals surface area contributed by atoms with Gasteiger partial charge in [0.15, 0.2) is 0 Å². The standard InChI is InChI=1S/C21H17ClN2O2/c22-16-8-4-7-15(11-16)20-10-9-17(26-20)13-23-24-21(25)19-12-18(19)14-5-2-1-3-6-14/h1-11,13,18-19H,12H2,(H,24,25)/b23-13+/t18-,19+/m1/s1. The van der Waals surface area contributed by atoms with Gasteiger partial charge in [-0.3, -0.25) is 4.79 Å². The zero-order valence-corrected chi connectivity index (χ0v) is 14.7. The van der Waals surface area contributed by atoms with E-state index in [1.54, 1.807) is 6.07 Å². The Morgan fingerprint density at radius 3 is 2.77 bits per heavy atom. The first-order valence-electron chi connectivity index (χ1n) is 8.44. The van der Waals surface area contributed by atoms with Crippen LogP contribution in [0.25, 0.3) is 11.3 Å². The van der Waals surface area contributed by atoms with Crippen LogP contribution in [0, 0.1) is 5.92 Å². The molecule has 4 nitrogen and oxygen atoms in total. The molecule has 2 aromatic carbocycles. The Hall–Kier alpha value is -2.85. The number of hydrazone groups is 1. The van der Waals surface area contributed by atoms with Gasteiger partial charge in [-0.1, -0.05) is 54.1 Å². The Bertz CT molecular complexity index is 949. The van der Waals surface area contributed by atoms with E-state index in [0.717, 1.165) is 12.0 Å². The lowest BCUT2D eigenvalue weighted by Gasteiger charge is -1.99. The molecule has 1 heterocycles. The van der Waals surface area contributed by atoms with Crippen molar-refractivity contribution >= 4 is 23.7 Å². The lowest BCUT2D eigenvalue weighted by atomic mass is 10.1. The monoisotopic (exact) mass is 364 g/mol. The van der Waals surface area contributed by atoms with Gasteiger partial charge in [-0.25, -0.2) is 5.43 Å². The first-order chi connectivity index (χ1) is 12.7. The number of benzene rings is 2. The van der Waals surface area contributed by atoms with E-state index in [1.807, 2.05) is 48.5 Å². The molecule has 0 unspecified atom stereocenters. The average molecular weight is 365 g/mol. The highest BCUT2D eigenvalue weighted by Gasteiger charge is 2.43. The molecule has 0 bridgehead atoms. The van der Waals surface area contributed by atoms with Crippen LogP contribution in [-0.2, 0) is 4.79 Å². The van der Waals surface area contributed by atoms with Crippen molar-refractivity contribution in [1.82, 2.24) is 5.43 Å². The zero-order chi connectivity index (χ0) is 17.9. The van der Waals surface area contributed by atoms with Gasteiger partial charge in [0.25, 0.3) is 0 Å². The van der Waals surface area contributed by atoms with Crippen molar-refractivity contribution < 1.29 is 9.21 Å². The maximum absolute atomic E-state index is 12.2. The smallest absolute Gasteiger partial charge is 0.243 e. The molecule has 1 aliphatic rings. The van der Waals surface area contributed by atoms with E-state index in [2.05, 4.69) is 22.7 Å². The number of amides is 1. The number of nitrogens with zero attached hydrogens (tertiary/aromatic N) is 1. The van der Waals surface area contributed by atoms with Gasteiger partial charge in [-0.2, -0.15) is 5.10 Å². The number of rotatable bonds is 5. The molecule has 1 amide bonds. The van der Waals surface area contributed by atoms with Crippen molar-refractivity contribution in [2.24, 2.45) is 11.0 Å². The summed E-state index contributed by atoms with van der Waals surface area (Å²) in [7, 11) is 0. The van der Waals surface area contributed by atoms with Gasteiger partial charge in [-0.15, -0.1) is 0 Å². The molecule has 1 aliphatic carbocycles. The van der Waals surface area contributed by atoms with Crippen LogP contribution in [-0.4, -0.2) is 12.1 Å². The Morgan fingerprint density at radius 2 is 1.96 bits per heavy atom. The summed E-state index contributed by atoms with van der Waals surface area (Å²) < 4.78 is 5.71. The Kier molecular flexibility index (Phi) is 4.59. The average Bonchev–Trinajstić information content (AvgIpc) is 3.33. The largest absolute Gasteiger partial charge is 0.455 e. The van der Waals surface area contributed by atoms with Gasteiger partial charge in [0, 0.05) is 16.5 Å². The third-order valence-corrected chi connectivity index (χ3v) is 4.69. The highest BCUT2D eigenvalue weighted by molar-refractivity contribution is 6.30. The van der Waals surface area contributed by atoms with Gasteiger partial charge >= 0.3 is 0 Å². The Labute approximate surface area is 156 Å². The number of nitrogens with one attached hydrogen (secondary N) is 1. The molecule has 1 saturated carbocycles. The summed E-state index contributed by atoms with van der Waals surface area (Å²) in [5.41, 5.74) is 4.70. The number of hydrogen-bond acceptors (Lipinski definition) is 3. The molecule has 5 heteroatoms. The second kappa shape index (κ2) is 7.18. The molecule has 1 N–H and O–H groups in total. The molecule has 1 fully saturated rings. The third-order valence-electron chi connectivity index (χ3n) is 4.46. The molecule has 3 aromatic rings. The predicted octanol–water partition coefficient (Wildman–Crippen LogP) is 4.85. The van der Waals surface area contributed by atoms with E-state index in [1.165, 1.54) is 11.8 Å². The van der Waals surface area contributed by atoms with E-state index in [0.29, 0.717) is 22.5 Å². The van der Waals surface area contributed by atoms with Crippen LogP contribution in [0.1, 0.15) is 23.7 Å². The lowest BCUT2D eigenvalue weighted by Crippen LogP contribution is -2.20. The fourth-order valence-electron chi connectivity index (χ4n) is 3.01. The minimum absolute atomic E-state index is 0.00632. The van der Waals surface area contributed by atoms with E-state index < -0.39 is 0 Å². The van der Waals surface area contributed by atoms with E-state index in [-0.39, 0.29) is 11.8 Å². The highest BCUT2D eigenvalue weighted by atomic mass is 35.5. The maximum atomic E-state index is 12.2. The van der Waals surface area contributed by atoms with Crippen LogP contribution in [0.3, 0.4) is 0 Å². The molecule has 0 radical (unpaired) electrons. The quantitative estimate of drug-likeness (QED) is 0.519. The second-order valence-electron chi connectivity index (χ2n) is 6.31. The molecule has 0 aliphatic heterocycles. The lowest BCUT2D eigenvalue weighted by molar-refractivity contribution is -0.122. The SMILES string of the molecule is O=C(N/N=C/c1ccc(-c2cccc(Cl)c2)o1)[C@H]1C[C@@H]1c1ccccc1. The van der Waals surface area contributed by atoms with Crippen molar-refractivity contribution in [2.75, 3.05) is 0 Å². The van der Waals surface area contributed by atoms with Crippen LogP contribution in [0.5, 0.6) is 0 Å². The van der Waals surface area contributed by atoms with E-state index >= 15 is 0 Å². The number of hydrogen-bond donors (Lipinski definition) is 1. The van der Waals surface area contributed by atoms with Gasteiger partial charge in [-0.05, 0) is 42.2 Å². The predicted molar refractivity (Wildman–Crippen MR) is 102 cm³/mol. The summed E-state index contributed by atoms with van der Waals surface area (Å²) in [6.07, 6.45) is 2.37. The first kappa shape index (κ1) is 16.6. The Balaban J connectivity index is 1.34. The highest BCUT2D eigenvalue weighted by Crippen LogP contribution is 2.47. The summed E-state index contributed by atoms with van der Waals surface area (Å²) >= 11 is 6.00. The van der Waals surface area contributed by atoms with Gasteiger partial charge in [0.1, 0.15) is 11.5 Å². The van der Waals surface area contributed by atoms with Crippen molar-refractivity contribution in [3.63, 3.8) is 0 Å². The van der Waals surface area contributed by atoms with E-state index in [4.69, 9.17) is 16.0 Å². The molecular weight excluding hydrogens is 348 g/mol.